The van der Waals surface area contributed by atoms with Gasteiger partial charge in [-0.3, -0.25) is 10.1 Å². The van der Waals surface area contributed by atoms with E-state index >= 15 is 0 Å². The third-order valence-electron chi connectivity index (χ3n) is 2.99. The van der Waals surface area contributed by atoms with Crippen molar-refractivity contribution >= 4 is 23.4 Å². The summed E-state index contributed by atoms with van der Waals surface area (Å²) in [7, 11) is 1.30. The highest BCUT2D eigenvalue weighted by Gasteiger charge is 2.10. The number of benzene rings is 1. The molecule has 0 heterocycles. The fraction of sp³-hybridized carbons (Fsp3) is 0.429. The first-order valence-corrected chi connectivity index (χ1v) is 6.54. The van der Waals surface area contributed by atoms with Gasteiger partial charge >= 0.3 is 6.09 Å². The minimum absolute atomic E-state index is 0.0593. The first kappa shape index (κ1) is 16.0. The van der Waals surface area contributed by atoms with Gasteiger partial charge in [0.05, 0.1) is 7.11 Å². The van der Waals surface area contributed by atoms with Gasteiger partial charge in [-0.05, 0) is 36.7 Å². The summed E-state index contributed by atoms with van der Waals surface area (Å²) in [6.45, 7) is 2.52. The molecular formula is C14H21N3O3. The lowest BCUT2D eigenvalue weighted by Gasteiger charge is -2.12. The normalized spacial score (nSPS) is 11.6. The van der Waals surface area contributed by atoms with Crippen LogP contribution in [0.5, 0.6) is 0 Å². The Morgan fingerprint density at radius 2 is 1.75 bits per heavy atom. The second kappa shape index (κ2) is 8.16. The Kier molecular flexibility index (Phi) is 6.52. The molecule has 0 saturated heterocycles. The summed E-state index contributed by atoms with van der Waals surface area (Å²) in [6.07, 6.45) is 0.761. The van der Waals surface area contributed by atoms with Gasteiger partial charge in [0.15, 0.2) is 0 Å². The molecular weight excluding hydrogens is 258 g/mol. The predicted molar refractivity (Wildman–Crippen MR) is 78.6 cm³/mol. The number of carbonyl (C=O) groups excluding carboxylic acids is 2. The van der Waals surface area contributed by atoms with E-state index in [1.165, 1.54) is 7.11 Å². The minimum atomic E-state index is -0.532. The molecule has 1 aromatic carbocycles. The number of anilines is 2. The molecule has 2 amide bonds. The van der Waals surface area contributed by atoms with Crippen molar-refractivity contribution in [1.29, 1.82) is 0 Å². The zero-order chi connectivity index (χ0) is 15.0. The first-order chi connectivity index (χ1) is 9.58. The molecule has 4 N–H and O–H groups in total. The Balaban J connectivity index is 2.52. The molecule has 110 valence electrons. The molecule has 1 atom stereocenters. The number of rotatable bonds is 6. The molecule has 6 heteroatoms. The molecule has 1 rings (SSSR count). The van der Waals surface area contributed by atoms with Gasteiger partial charge in [-0.1, -0.05) is 13.3 Å². The number of hydrogen-bond acceptors (Lipinski definition) is 4. The van der Waals surface area contributed by atoms with Crippen LogP contribution < -0.4 is 16.4 Å². The average Bonchev–Trinajstić information content (AvgIpc) is 2.46. The molecule has 1 aromatic rings. The Bertz CT molecular complexity index is 441. The van der Waals surface area contributed by atoms with Crippen LogP contribution in [0.15, 0.2) is 24.3 Å². The largest absolute Gasteiger partial charge is 0.453 e. The highest BCUT2D eigenvalue weighted by Crippen LogP contribution is 2.15. The van der Waals surface area contributed by atoms with E-state index < -0.39 is 6.09 Å². The van der Waals surface area contributed by atoms with E-state index in [1.54, 1.807) is 24.3 Å². The maximum Gasteiger partial charge on any atom is 0.411 e. The molecule has 0 bridgehead atoms. The second-order valence-electron chi connectivity index (χ2n) is 4.46. The van der Waals surface area contributed by atoms with Gasteiger partial charge in [0.2, 0.25) is 5.91 Å². The van der Waals surface area contributed by atoms with Crippen LogP contribution in [0.4, 0.5) is 16.2 Å². The van der Waals surface area contributed by atoms with Gasteiger partial charge < -0.3 is 15.8 Å². The summed E-state index contributed by atoms with van der Waals surface area (Å²) in [6, 6.07) is 6.80. The molecule has 0 aliphatic rings. The van der Waals surface area contributed by atoms with Crippen molar-refractivity contribution in [2.24, 2.45) is 11.7 Å². The standard InChI is InChI=1S/C14H21N3O3/c1-3-10(9-15)8-13(18)16-11-4-6-12(7-5-11)17-14(19)20-2/h4-7,10H,3,8-9,15H2,1-2H3,(H,16,18)(H,17,19). The summed E-state index contributed by atoms with van der Waals surface area (Å²) in [5.41, 5.74) is 6.85. The summed E-state index contributed by atoms with van der Waals surface area (Å²) < 4.78 is 4.49. The monoisotopic (exact) mass is 279 g/mol. The number of ether oxygens (including phenoxy) is 1. The first-order valence-electron chi connectivity index (χ1n) is 6.54. The SMILES string of the molecule is CCC(CN)CC(=O)Nc1ccc(NC(=O)OC)cc1. The summed E-state index contributed by atoms with van der Waals surface area (Å²) in [5, 5.41) is 5.33. The Morgan fingerprint density at radius 3 is 2.20 bits per heavy atom. The maximum absolute atomic E-state index is 11.8. The lowest BCUT2D eigenvalue weighted by molar-refractivity contribution is -0.117. The molecule has 20 heavy (non-hydrogen) atoms. The molecule has 1 unspecified atom stereocenters. The number of methoxy groups -OCH3 is 1. The van der Waals surface area contributed by atoms with Crippen molar-refractivity contribution in [2.45, 2.75) is 19.8 Å². The zero-order valence-corrected chi connectivity index (χ0v) is 11.8. The molecule has 0 spiro atoms. The van der Waals surface area contributed by atoms with Crippen LogP contribution in [-0.2, 0) is 9.53 Å². The van der Waals surface area contributed by atoms with E-state index in [9.17, 15) is 9.59 Å². The predicted octanol–water partition coefficient (Wildman–Crippen LogP) is 2.18. The van der Waals surface area contributed by atoms with Crippen LogP contribution >= 0.6 is 0 Å². The molecule has 0 aliphatic carbocycles. The Hall–Kier alpha value is -2.08. The number of hydrogen-bond donors (Lipinski definition) is 3. The van der Waals surface area contributed by atoms with Gasteiger partial charge in [-0.25, -0.2) is 4.79 Å². The van der Waals surface area contributed by atoms with E-state index in [4.69, 9.17) is 5.73 Å². The van der Waals surface area contributed by atoms with Crippen molar-refractivity contribution in [1.82, 2.24) is 0 Å². The Labute approximate surface area is 118 Å². The number of amides is 2. The van der Waals surface area contributed by atoms with E-state index in [0.717, 1.165) is 6.42 Å². The van der Waals surface area contributed by atoms with Crippen molar-refractivity contribution < 1.29 is 14.3 Å². The second-order valence-corrected chi connectivity index (χ2v) is 4.46. The third-order valence-corrected chi connectivity index (χ3v) is 2.99. The van der Waals surface area contributed by atoms with Crippen LogP contribution in [0.1, 0.15) is 19.8 Å². The van der Waals surface area contributed by atoms with Crippen LogP contribution in [0.25, 0.3) is 0 Å². The minimum Gasteiger partial charge on any atom is -0.453 e. The zero-order valence-electron chi connectivity index (χ0n) is 11.8. The smallest absolute Gasteiger partial charge is 0.411 e. The summed E-state index contributed by atoms with van der Waals surface area (Å²) >= 11 is 0. The number of nitrogens with one attached hydrogen (secondary N) is 2. The van der Waals surface area contributed by atoms with E-state index in [1.807, 2.05) is 6.92 Å². The third kappa shape index (κ3) is 5.27. The highest BCUT2D eigenvalue weighted by atomic mass is 16.5. The van der Waals surface area contributed by atoms with Crippen LogP contribution in [-0.4, -0.2) is 25.7 Å². The lowest BCUT2D eigenvalue weighted by Crippen LogP contribution is -2.21. The Morgan fingerprint density at radius 1 is 1.20 bits per heavy atom. The molecule has 0 aliphatic heterocycles. The van der Waals surface area contributed by atoms with Gasteiger partial charge in [0.1, 0.15) is 0 Å². The van der Waals surface area contributed by atoms with Crippen molar-refractivity contribution in [3.63, 3.8) is 0 Å². The van der Waals surface area contributed by atoms with Crippen LogP contribution in [0, 0.1) is 5.92 Å². The topological polar surface area (TPSA) is 93.5 Å². The van der Waals surface area contributed by atoms with E-state index in [0.29, 0.717) is 24.3 Å². The molecule has 6 nitrogen and oxygen atoms in total. The van der Waals surface area contributed by atoms with E-state index in [-0.39, 0.29) is 11.8 Å². The van der Waals surface area contributed by atoms with Crippen molar-refractivity contribution in [3.05, 3.63) is 24.3 Å². The fourth-order valence-electron chi connectivity index (χ4n) is 1.67. The van der Waals surface area contributed by atoms with Crippen molar-refractivity contribution in [3.8, 4) is 0 Å². The maximum atomic E-state index is 11.8. The van der Waals surface area contributed by atoms with E-state index in [2.05, 4.69) is 15.4 Å². The highest BCUT2D eigenvalue weighted by molar-refractivity contribution is 5.91. The number of nitrogens with two attached hydrogens (primary N) is 1. The van der Waals surface area contributed by atoms with Gasteiger partial charge in [-0.2, -0.15) is 0 Å². The molecule has 0 aromatic heterocycles. The lowest BCUT2D eigenvalue weighted by atomic mass is 10.0. The van der Waals surface area contributed by atoms with Crippen molar-refractivity contribution in [2.75, 3.05) is 24.3 Å². The quantitative estimate of drug-likeness (QED) is 0.744. The van der Waals surface area contributed by atoms with Crippen LogP contribution in [0.2, 0.25) is 0 Å². The van der Waals surface area contributed by atoms with Crippen LogP contribution in [0.3, 0.4) is 0 Å². The summed E-state index contributed by atoms with van der Waals surface area (Å²) in [5.74, 6) is 0.145. The summed E-state index contributed by atoms with van der Waals surface area (Å²) in [4.78, 5) is 22.8. The fourth-order valence-corrected chi connectivity index (χ4v) is 1.67. The van der Waals surface area contributed by atoms with Gasteiger partial charge in [0.25, 0.3) is 0 Å². The molecule has 0 saturated carbocycles. The average molecular weight is 279 g/mol. The van der Waals surface area contributed by atoms with Gasteiger partial charge in [0, 0.05) is 17.8 Å². The number of carbonyl (C=O) groups is 2. The molecule has 0 fully saturated rings. The van der Waals surface area contributed by atoms with Gasteiger partial charge in [-0.15, -0.1) is 0 Å². The molecule has 0 radical (unpaired) electrons.